The lowest BCUT2D eigenvalue weighted by atomic mass is 10.0. The molecule has 2 aliphatic heterocycles. The highest BCUT2D eigenvalue weighted by Crippen LogP contribution is 2.33. The third-order valence-electron chi connectivity index (χ3n) is 4.88. The van der Waals surface area contributed by atoms with Gasteiger partial charge in [-0.05, 0) is 24.3 Å². The first-order chi connectivity index (χ1) is 13.1. The lowest BCUT2D eigenvalue weighted by Gasteiger charge is -2.38. The van der Waals surface area contributed by atoms with Crippen LogP contribution in [0.15, 0.2) is 36.5 Å². The minimum absolute atomic E-state index is 0.0869. The topological polar surface area (TPSA) is 63.7 Å². The Morgan fingerprint density at radius 3 is 2.44 bits per heavy atom. The molecule has 2 fully saturated rings. The van der Waals surface area contributed by atoms with Gasteiger partial charge in [0.15, 0.2) is 5.79 Å². The molecule has 142 valence electrons. The van der Waals surface area contributed by atoms with E-state index in [0.717, 1.165) is 30.7 Å². The number of nitrogens with zero attached hydrogens (tertiary/aromatic N) is 2. The van der Waals surface area contributed by atoms with Crippen molar-refractivity contribution in [1.82, 2.24) is 4.98 Å². The van der Waals surface area contributed by atoms with Crippen molar-refractivity contribution in [2.45, 2.75) is 18.6 Å². The van der Waals surface area contributed by atoms with Gasteiger partial charge in [-0.3, -0.25) is 9.78 Å². The van der Waals surface area contributed by atoms with Gasteiger partial charge in [0.05, 0.1) is 13.2 Å². The molecule has 0 atom stereocenters. The molecule has 3 heterocycles. The number of carbonyl (C=O) groups excluding carboxylic acids is 1. The molecule has 6 nitrogen and oxygen atoms in total. The Hall–Kier alpha value is -2.58. The van der Waals surface area contributed by atoms with E-state index < -0.39 is 29.0 Å². The van der Waals surface area contributed by atoms with Crippen LogP contribution in [-0.2, 0) is 9.47 Å². The molecule has 0 aliphatic carbocycles. The summed E-state index contributed by atoms with van der Waals surface area (Å²) in [5, 5.41) is 2.25. The molecule has 0 bridgehead atoms. The van der Waals surface area contributed by atoms with Crippen molar-refractivity contribution in [2.75, 3.05) is 36.5 Å². The first-order valence-corrected chi connectivity index (χ1v) is 8.81. The fourth-order valence-corrected chi connectivity index (χ4v) is 3.43. The molecule has 2 saturated heterocycles. The quantitative estimate of drug-likeness (QED) is 0.894. The fraction of sp³-hybridized carbons (Fsp3) is 0.368. The summed E-state index contributed by atoms with van der Waals surface area (Å²) in [6, 6.07) is 6.82. The molecule has 2 aliphatic rings. The Bertz CT molecular complexity index is 826. The molecular formula is C19H19F2N3O3. The molecule has 4 rings (SSSR count). The Labute approximate surface area is 155 Å². The van der Waals surface area contributed by atoms with Crippen molar-refractivity contribution in [3.63, 3.8) is 0 Å². The molecule has 27 heavy (non-hydrogen) atoms. The lowest BCUT2D eigenvalue weighted by Crippen LogP contribution is -2.45. The minimum atomic E-state index is -0.836. The molecule has 0 unspecified atom stereocenters. The van der Waals surface area contributed by atoms with Gasteiger partial charge in [-0.25, -0.2) is 8.78 Å². The van der Waals surface area contributed by atoms with E-state index in [9.17, 15) is 13.6 Å². The van der Waals surface area contributed by atoms with E-state index in [1.165, 1.54) is 12.3 Å². The molecular weight excluding hydrogens is 356 g/mol. The number of aromatic nitrogens is 1. The maximum absolute atomic E-state index is 13.7. The van der Waals surface area contributed by atoms with Crippen LogP contribution in [0.25, 0.3) is 0 Å². The number of para-hydroxylation sites is 1. The highest BCUT2D eigenvalue weighted by molar-refractivity contribution is 6.03. The zero-order valence-electron chi connectivity index (χ0n) is 14.6. The number of carbonyl (C=O) groups is 1. The van der Waals surface area contributed by atoms with E-state index in [-0.39, 0.29) is 5.69 Å². The van der Waals surface area contributed by atoms with Crippen LogP contribution in [0.1, 0.15) is 23.3 Å². The number of ether oxygens (including phenoxy) is 2. The summed E-state index contributed by atoms with van der Waals surface area (Å²) in [7, 11) is 0. The van der Waals surface area contributed by atoms with E-state index >= 15 is 0 Å². The second-order valence-corrected chi connectivity index (χ2v) is 6.54. The lowest BCUT2D eigenvalue weighted by molar-refractivity contribution is -0.169. The predicted octanol–water partition coefficient (Wildman–Crippen LogP) is 2.96. The van der Waals surface area contributed by atoms with Crippen LogP contribution in [0.4, 0.5) is 20.2 Å². The van der Waals surface area contributed by atoms with Gasteiger partial charge >= 0.3 is 0 Å². The zero-order valence-corrected chi connectivity index (χ0v) is 14.6. The van der Waals surface area contributed by atoms with Crippen LogP contribution in [0, 0.1) is 11.6 Å². The maximum Gasteiger partial charge on any atom is 0.274 e. The van der Waals surface area contributed by atoms with E-state index in [1.807, 2.05) is 0 Å². The summed E-state index contributed by atoms with van der Waals surface area (Å²) in [5.74, 6) is -2.82. The molecule has 1 amide bonds. The number of halogens is 2. The number of nitrogens with one attached hydrogen (secondary N) is 1. The van der Waals surface area contributed by atoms with Gasteiger partial charge in [-0.2, -0.15) is 0 Å². The monoisotopic (exact) mass is 375 g/mol. The summed E-state index contributed by atoms with van der Waals surface area (Å²) in [4.78, 5) is 18.5. The van der Waals surface area contributed by atoms with Gasteiger partial charge in [0, 0.05) is 37.8 Å². The van der Waals surface area contributed by atoms with E-state index in [0.29, 0.717) is 26.3 Å². The average molecular weight is 375 g/mol. The van der Waals surface area contributed by atoms with Gasteiger partial charge in [0.2, 0.25) is 0 Å². The fourth-order valence-electron chi connectivity index (χ4n) is 3.43. The Morgan fingerprint density at radius 2 is 1.78 bits per heavy atom. The van der Waals surface area contributed by atoms with Crippen molar-refractivity contribution in [2.24, 2.45) is 0 Å². The van der Waals surface area contributed by atoms with Crippen LogP contribution in [0.3, 0.4) is 0 Å². The Kier molecular flexibility index (Phi) is 4.75. The normalized spacial score (nSPS) is 18.7. The number of hydrogen-bond acceptors (Lipinski definition) is 5. The molecule has 1 aromatic carbocycles. The summed E-state index contributed by atoms with van der Waals surface area (Å²) in [6.07, 6.45) is 2.98. The number of amides is 1. The highest BCUT2D eigenvalue weighted by Gasteiger charge is 2.39. The first kappa shape index (κ1) is 17.8. The molecule has 1 N–H and O–H groups in total. The standard InChI is InChI=1S/C19H19F2N3O3/c20-14-2-1-3-15(21)17(14)23-18(25)16-12-13(4-7-22-16)24-8-5-19(6-9-24)26-10-11-27-19/h1-4,7,12H,5-6,8-11H2,(H,23,25). The van der Waals surface area contributed by atoms with Crippen molar-refractivity contribution >= 4 is 17.3 Å². The molecule has 1 aromatic heterocycles. The van der Waals surface area contributed by atoms with Crippen LogP contribution in [-0.4, -0.2) is 43.0 Å². The smallest absolute Gasteiger partial charge is 0.274 e. The van der Waals surface area contributed by atoms with Crippen LogP contribution < -0.4 is 10.2 Å². The summed E-state index contributed by atoms with van der Waals surface area (Å²) < 4.78 is 38.9. The third-order valence-corrected chi connectivity index (χ3v) is 4.88. The number of hydrogen-bond donors (Lipinski definition) is 1. The number of anilines is 2. The second-order valence-electron chi connectivity index (χ2n) is 6.54. The maximum atomic E-state index is 13.7. The largest absolute Gasteiger partial charge is 0.371 e. The van der Waals surface area contributed by atoms with Crippen molar-refractivity contribution in [1.29, 1.82) is 0 Å². The SMILES string of the molecule is O=C(Nc1c(F)cccc1F)c1cc(N2CCC3(CC2)OCCO3)ccn1. The zero-order chi connectivity index (χ0) is 18.9. The van der Waals surface area contributed by atoms with Crippen LogP contribution >= 0.6 is 0 Å². The van der Waals surface area contributed by atoms with Gasteiger partial charge in [-0.15, -0.1) is 0 Å². The van der Waals surface area contributed by atoms with Crippen LogP contribution in [0.5, 0.6) is 0 Å². The Morgan fingerprint density at radius 1 is 1.11 bits per heavy atom. The molecule has 0 radical (unpaired) electrons. The average Bonchev–Trinajstić information content (AvgIpc) is 3.13. The van der Waals surface area contributed by atoms with E-state index in [1.54, 1.807) is 12.1 Å². The number of pyridine rings is 1. The number of piperidine rings is 1. The summed E-state index contributed by atoms with van der Waals surface area (Å²) >= 11 is 0. The minimum Gasteiger partial charge on any atom is -0.371 e. The van der Waals surface area contributed by atoms with Crippen molar-refractivity contribution < 1.29 is 23.0 Å². The van der Waals surface area contributed by atoms with E-state index in [2.05, 4.69) is 15.2 Å². The van der Waals surface area contributed by atoms with Gasteiger partial charge < -0.3 is 19.7 Å². The molecule has 1 spiro atoms. The van der Waals surface area contributed by atoms with Crippen LogP contribution in [0.2, 0.25) is 0 Å². The highest BCUT2D eigenvalue weighted by atomic mass is 19.1. The number of rotatable bonds is 3. The van der Waals surface area contributed by atoms with Gasteiger partial charge in [-0.1, -0.05) is 6.07 Å². The third kappa shape index (κ3) is 3.63. The number of benzene rings is 1. The molecule has 2 aromatic rings. The predicted molar refractivity (Wildman–Crippen MR) is 94.6 cm³/mol. The summed E-state index contributed by atoms with van der Waals surface area (Å²) in [5.41, 5.74) is 0.422. The molecule has 8 heteroatoms. The van der Waals surface area contributed by atoms with Gasteiger partial charge in [0.1, 0.15) is 23.0 Å². The first-order valence-electron chi connectivity index (χ1n) is 8.81. The van der Waals surface area contributed by atoms with E-state index in [4.69, 9.17) is 9.47 Å². The second kappa shape index (κ2) is 7.21. The van der Waals surface area contributed by atoms with Crippen molar-refractivity contribution in [3.8, 4) is 0 Å². The summed E-state index contributed by atoms with van der Waals surface area (Å²) in [6.45, 7) is 2.67. The van der Waals surface area contributed by atoms with Gasteiger partial charge in [0.25, 0.3) is 5.91 Å². The Balaban J connectivity index is 1.47. The molecule has 0 saturated carbocycles. The van der Waals surface area contributed by atoms with Crippen molar-refractivity contribution in [3.05, 3.63) is 53.9 Å².